The van der Waals surface area contributed by atoms with Gasteiger partial charge in [0.05, 0.1) is 12.3 Å². The molecular weight excluding hydrogens is 703 g/mol. The topological polar surface area (TPSA) is 23.5 Å². The first kappa shape index (κ1) is 38.1. The number of benzene rings is 8. The van der Waals surface area contributed by atoms with Crippen LogP contribution in [0.15, 0.2) is 176 Å². The lowest BCUT2D eigenvalue weighted by molar-refractivity contribution is 0.282. The molecule has 8 aromatic carbocycles. The first-order valence-electron chi connectivity index (χ1n) is 20.1. The second kappa shape index (κ2) is 16.8. The Labute approximate surface area is 343 Å². The summed E-state index contributed by atoms with van der Waals surface area (Å²) in [6.07, 6.45) is 4.63. The van der Waals surface area contributed by atoms with Crippen LogP contribution in [0, 0.1) is 34.6 Å². The van der Waals surface area contributed by atoms with Crippen LogP contribution in [0.5, 0.6) is 0 Å². The maximum absolute atomic E-state index is 10.0. The van der Waals surface area contributed by atoms with Crippen molar-refractivity contribution in [3.8, 4) is 0 Å². The second-order valence-electron chi connectivity index (χ2n) is 15.5. The van der Waals surface area contributed by atoms with Gasteiger partial charge in [0, 0.05) is 16.8 Å². The molecule has 0 radical (unpaired) electrons. The molecule has 8 aromatic rings. The first-order chi connectivity index (χ1) is 28.2. The third kappa shape index (κ3) is 8.20. The quantitative estimate of drug-likeness (QED) is 0.141. The van der Waals surface area contributed by atoms with Crippen molar-refractivity contribution in [1.82, 2.24) is 0 Å². The lowest BCUT2D eigenvalue weighted by atomic mass is 9.92. The third-order valence-corrected chi connectivity index (χ3v) is 11.1. The molecule has 0 bridgehead atoms. The van der Waals surface area contributed by atoms with E-state index in [1.54, 1.807) is 0 Å². The summed E-state index contributed by atoms with van der Waals surface area (Å²) < 4.78 is 0. The average molecular weight is 752 g/mol. The molecule has 0 saturated heterocycles. The van der Waals surface area contributed by atoms with Gasteiger partial charge < -0.3 is 10.0 Å². The van der Waals surface area contributed by atoms with Gasteiger partial charge in [0.1, 0.15) is 0 Å². The van der Waals surface area contributed by atoms with Crippen molar-refractivity contribution in [1.29, 1.82) is 0 Å². The summed E-state index contributed by atoms with van der Waals surface area (Å²) in [5.74, 6) is 0. The van der Waals surface area contributed by atoms with Crippen LogP contribution in [-0.2, 0) is 6.61 Å². The van der Waals surface area contributed by atoms with Crippen LogP contribution in [0.2, 0.25) is 0 Å². The lowest BCUT2D eigenvalue weighted by Gasteiger charge is -2.29. The second-order valence-corrected chi connectivity index (χ2v) is 15.5. The van der Waals surface area contributed by atoms with Crippen LogP contribution in [-0.4, -0.2) is 5.11 Å². The Morgan fingerprint density at radius 1 is 0.448 bits per heavy atom. The van der Waals surface area contributed by atoms with Crippen LogP contribution < -0.4 is 4.90 Å². The van der Waals surface area contributed by atoms with Gasteiger partial charge in [-0.1, -0.05) is 174 Å². The van der Waals surface area contributed by atoms with Gasteiger partial charge in [-0.05, 0) is 132 Å². The third-order valence-electron chi connectivity index (χ3n) is 11.1. The van der Waals surface area contributed by atoms with Gasteiger partial charge in [-0.25, -0.2) is 0 Å². The minimum atomic E-state index is 0.000707. The fourth-order valence-corrected chi connectivity index (χ4v) is 7.74. The molecule has 0 amide bonds. The van der Waals surface area contributed by atoms with E-state index in [9.17, 15) is 5.11 Å². The molecule has 0 unspecified atom stereocenters. The molecule has 1 N–H and O–H groups in total. The summed E-state index contributed by atoms with van der Waals surface area (Å²) in [7, 11) is 0. The minimum Gasteiger partial charge on any atom is -0.392 e. The van der Waals surface area contributed by atoms with E-state index in [0.29, 0.717) is 0 Å². The van der Waals surface area contributed by atoms with Crippen LogP contribution in [0.3, 0.4) is 0 Å². The Balaban J connectivity index is 1.27. The largest absolute Gasteiger partial charge is 0.392 e. The number of rotatable bonds is 10. The van der Waals surface area contributed by atoms with E-state index >= 15 is 0 Å². The van der Waals surface area contributed by atoms with E-state index in [2.05, 4.69) is 222 Å². The standard InChI is InChI=1S/C56H49NO/c1-38-10-21-45(22-11-38)53(46-23-12-39(2)13-24-46)35-43-18-30-50(31-19-43)57(55-32-20-44(37-58)34-42(55)5)56-33-29-49(51-8-6-7-9-52(51)56)36-54(47-25-14-40(3)15-26-47)48-27-16-41(4)17-28-48/h6-36,58H,37H2,1-5H3. The maximum atomic E-state index is 10.0. The molecule has 0 aliphatic rings. The number of aliphatic hydroxyl groups is 1. The highest BCUT2D eigenvalue weighted by Gasteiger charge is 2.19. The Kier molecular flexibility index (Phi) is 11.0. The van der Waals surface area contributed by atoms with Gasteiger partial charge >= 0.3 is 0 Å². The number of anilines is 3. The van der Waals surface area contributed by atoms with E-state index < -0.39 is 0 Å². The lowest BCUT2D eigenvalue weighted by Crippen LogP contribution is -2.12. The van der Waals surface area contributed by atoms with Crippen molar-refractivity contribution in [2.24, 2.45) is 0 Å². The summed E-state index contributed by atoms with van der Waals surface area (Å²) in [4.78, 5) is 2.36. The number of fused-ring (bicyclic) bond motifs is 1. The molecule has 0 aromatic heterocycles. The highest BCUT2D eigenvalue weighted by Crippen LogP contribution is 2.42. The SMILES string of the molecule is Cc1ccc(C(=Cc2ccc(N(c3ccc(CO)cc3C)c3ccc(C=C(c4ccc(C)cc4)c4ccc(C)cc4)c4ccccc34)cc2)c2ccc(C)cc2)cc1. The van der Waals surface area contributed by atoms with Crippen molar-refractivity contribution >= 4 is 51.1 Å². The molecule has 2 nitrogen and oxygen atoms in total. The zero-order chi connectivity index (χ0) is 40.2. The fourth-order valence-electron chi connectivity index (χ4n) is 7.74. The molecule has 0 atom stereocenters. The van der Waals surface area contributed by atoms with Crippen molar-refractivity contribution in [3.63, 3.8) is 0 Å². The average Bonchev–Trinajstić information content (AvgIpc) is 3.25. The summed E-state index contributed by atoms with van der Waals surface area (Å²) in [6, 6.07) is 63.6. The van der Waals surface area contributed by atoms with Gasteiger partial charge in [-0.2, -0.15) is 0 Å². The normalized spacial score (nSPS) is 11.0. The molecule has 58 heavy (non-hydrogen) atoms. The van der Waals surface area contributed by atoms with Crippen LogP contribution in [0.25, 0.3) is 34.1 Å². The molecule has 0 fully saturated rings. The van der Waals surface area contributed by atoms with E-state index in [1.807, 2.05) is 6.07 Å². The molecule has 0 spiro atoms. The molecule has 0 heterocycles. The van der Waals surface area contributed by atoms with Gasteiger partial charge in [0.25, 0.3) is 0 Å². The maximum Gasteiger partial charge on any atom is 0.0681 e. The number of hydrogen-bond donors (Lipinski definition) is 1. The van der Waals surface area contributed by atoms with Crippen LogP contribution in [0.1, 0.15) is 66.8 Å². The van der Waals surface area contributed by atoms with E-state index in [-0.39, 0.29) is 6.61 Å². The summed E-state index contributed by atoms with van der Waals surface area (Å²) >= 11 is 0. The monoisotopic (exact) mass is 751 g/mol. The molecule has 0 aliphatic heterocycles. The predicted molar refractivity (Wildman–Crippen MR) is 248 cm³/mol. The Bertz CT molecular complexity index is 2660. The van der Waals surface area contributed by atoms with Gasteiger partial charge in [0.2, 0.25) is 0 Å². The van der Waals surface area contributed by atoms with Crippen LogP contribution >= 0.6 is 0 Å². The molecule has 284 valence electrons. The Morgan fingerprint density at radius 3 is 1.36 bits per heavy atom. The van der Waals surface area contributed by atoms with Gasteiger partial charge in [0.15, 0.2) is 0 Å². The Morgan fingerprint density at radius 2 is 0.897 bits per heavy atom. The molecule has 0 aliphatic carbocycles. The van der Waals surface area contributed by atoms with E-state index in [4.69, 9.17) is 0 Å². The highest BCUT2D eigenvalue weighted by atomic mass is 16.3. The summed E-state index contributed by atoms with van der Waals surface area (Å²) in [6.45, 7) is 10.7. The van der Waals surface area contributed by atoms with Crippen molar-refractivity contribution < 1.29 is 5.11 Å². The predicted octanol–water partition coefficient (Wildman–Crippen LogP) is 14.5. The van der Waals surface area contributed by atoms with Crippen molar-refractivity contribution in [2.75, 3.05) is 4.90 Å². The fraction of sp³-hybridized carbons (Fsp3) is 0.107. The Hall–Kier alpha value is -6.74. The zero-order valence-electron chi connectivity index (χ0n) is 34.0. The van der Waals surface area contributed by atoms with Crippen LogP contribution in [0.4, 0.5) is 17.1 Å². The summed E-state index contributed by atoms with van der Waals surface area (Å²) in [5.41, 5.74) is 19.6. The number of aliphatic hydroxyl groups excluding tert-OH is 1. The zero-order valence-corrected chi connectivity index (χ0v) is 34.0. The molecular formula is C56H49NO. The first-order valence-corrected chi connectivity index (χ1v) is 20.1. The minimum absolute atomic E-state index is 0.000707. The molecule has 0 saturated carbocycles. The molecule has 2 heteroatoms. The van der Waals surface area contributed by atoms with Gasteiger partial charge in [-0.15, -0.1) is 0 Å². The van der Waals surface area contributed by atoms with Crippen molar-refractivity contribution in [3.05, 3.63) is 243 Å². The summed E-state index contributed by atoms with van der Waals surface area (Å²) in [5, 5.41) is 12.4. The number of hydrogen-bond acceptors (Lipinski definition) is 2. The van der Waals surface area contributed by atoms with E-state index in [1.165, 1.54) is 61.0 Å². The smallest absolute Gasteiger partial charge is 0.0681 e. The highest BCUT2D eigenvalue weighted by molar-refractivity contribution is 6.06. The van der Waals surface area contributed by atoms with Crippen molar-refractivity contribution in [2.45, 2.75) is 41.2 Å². The van der Waals surface area contributed by atoms with E-state index in [0.717, 1.165) is 44.7 Å². The molecule has 8 rings (SSSR count). The number of nitrogens with zero attached hydrogens (tertiary/aromatic N) is 1. The number of aryl methyl sites for hydroxylation is 5. The van der Waals surface area contributed by atoms with Gasteiger partial charge in [-0.3, -0.25) is 0 Å².